The lowest BCUT2D eigenvalue weighted by Crippen LogP contribution is -2.23. The Balaban J connectivity index is 1.52. The molecule has 1 saturated carbocycles. The van der Waals surface area contributed by atoms with Gasteiger partial charge in [-0.3, -0.25) is 4.79 Å². The molecular formula is C13H19NO2. The zero-order valence-corrected chi connectivity index (χ0v) is 9.52. The molecule has 2 unspecified atom stereocenters. The molecule has 0 radical (unpaired) electrons. The molecule has 3 heteroatoms. The third-order valence-electron chi connectivity index (χ3n) is 4.24. The topological polar surface area (TPSA) is 38.3 Å². The minimum absolute atomic E-state index is 0.0584. The Morgan fingerprint density at radius 3 is 2.38 bits per heavy atom. The molecule has 0 bridgehead atoms. The summed E-state index contributed by atoms with van der Waals surface area (Å²) in [4.78, 5) is 12.0. The number of rotatable bonds is 2. The van der Waals surface area contributed by atoms with Crippen LogP contribution in [0.2, 0.25) is 0 Å². The quantitative estimate of drug-likeness (QED) is 0.567. The van der Waals surface area contributed by atoms with Gasteiger partial charge in [0.1, 0.15) is 6.10 Å². The minimum Gasteiger partial charge on any atom is -0.461 e. The zero-order valence-electron chi connectivity index (χ0n) is 9.52. The van der Waals surface area contributed by atoms with E-state index in [1.54, 1.807) is 0 Å². The summed E-state index contributed by atoms with van der Waals surface area (Å²) in [6, 6.07) is 0. The number of ether oxygens (including phenoxy) is 1. The van der Waals surface area contributed by atoms with Crippen LogP contribution in [0.3, 0.4) is 0 Å². The number of fused-ring (bicyclic) bond motifs is 1. The summed E-state index contributed by atoms with van der Waals surface area (Å²) in [6.45, 7) is 2.19. The van der Waals surface area contributed by atoms with Gasteiger partial charge < -0.3 is 10.1 Å². The fraction of sp³-hybridized carbons (Fsp3) is 0.769. The molecule has 0 aromatic rings. The van der Waals surface area contributed by atoms with Crippen LogP contribution in [0.25, 0.3) is 0 Å². The van der Waals surface area contributed by atoms with Gasteiger partial charge >= 0.3 is 5.97 Å². The Kier molecular flexibility index (Phi) is 2.72. The summed E-state index contributed by atoms with van der Waals surface area (Å²) < 4.78 is 5.54. The second-order valence-electron chi connectivity index (χ2n) is 5.35. The third-order valence-corrected chi connectivity index (χ3v) is 4.24. The van der Waals surface area contributed by atoms with E-state index in [1.807, 2.05) is 0 Å². The van der Waals surface area contributed by atoms with Crippen molar-refractivity contribution in [2.45, 2.75) is 31.8 Å². The normalized spacial score (nSPS) is 37.9. The van der Waals surface area contributed by atoms with Crippen molar-refractivity contribution < 1.29 is 9.53 Å². The van der Waals surface area contributed by atoms with Crippen LogP contribution in [0, 0.1) is 17.8 Å². The van der Waals surface area contributed by atoms with Crippen LogP contribution in [0.5, 0.6) is 0 Å². The number of carbonyl (C=O) groups is 1. The average molecular weight is 221 g/mol. The predicted octanol–water partition coefficient (Wildman–Crippen LogP) is 1.49. The second kappa shape index (κ2) is 4.21. The number of hydrogen-bond acceptors (Lipinski definition) is 3. The van der Waals surface area contributed by atoms with Gasteiger partial charge in [-0.25, -0.2) is 0 Å². The number of esters is 1. The van der Waals surface area contributed by atoms with E-state index >= 15 is 0 Å². The SMILES string of the molecule is O=C(OC1CC=CC1)C1CC2CNCC2C1. The van der Waals surface area contributed by atoms with Crippen LogP contribution in [-0.4, -0.2) is 25.2 Å². The van der Waals surface area contributed by atoms with Crippen molar-refractivity contribution >= 4 is 5.97 Å². The van der Waals surface area contributed by atoms with Gasteiger partial charge in [0.25, 0.3) is 0 Å². The molecule has 2 atom stereocenters. The Hall–Kier alpha value is -0.830. The van der Waals surface area contributed by atoms with Gasteiger partial charge in [0.05, 0.1) is 5.92 Å². The summed E-state index contributed by atoms with van der Waals surface area (Å²) in [5, 5.41) is 3.39. The van der Waals surface area contributed by atoms with Crippen LogP contribution in [0.4, 0.5) is 0 Å². The highest BCUT2D eigenvalue weighted by atomic mass is 16.5. The maximum atomic E-state index is 12.0. The number of carbonyl (C=O) groups excluding carboxylic acids is 1. The second-order valence-corrected chi connectivity index (χ2v) is 5.35. The van der Waals surface area contributed by atoms with Crippen molar-refractivity contribution in [2.75, 3.05) is 13.1 Å². The van der Waals surface area contributed by atoms with E-state index in [0.29, 0.717) is 0 Å². The van der Waals surface area contributed by atoms with Crippen LogP contribution in [-0.2, 0) is 9.53 Å². The van der Waals surface area contributed by atoms with Gasteiger partial charge in [-0.2, -0.15) is 0 Å². The first-order chi connectivity index (χ1) is 7.83. The highest BCUT2D eigenvalue weighted by Gasteiger charge is 2.41. The molecule has 1 heterocycles. The molecule has 0 aromatic carbocycles. The standard InChI is InChI=1S/C13H19NO2/c15-13(16-12-3-1-2-4-12)9-5-10-7-14-8-11(10)6-9/h1-2,9-12,14H,3-8H2. The average Bonchev–Trinajstić information content (AvgIpc) is 2.91. The summed E-state index contributed by atoms with van der Waals surface area (Å²) in [7, 11) is 0. The van der Waals surface area contributed by atoms with E-state index in [9.17, 15) is 4.79 Å². The van der Waals surface area contributed by atoms with Crippen LogP contribution >= 0.6 is 0 Å². The monoisotopic (exact) mass is 221 g/mol. The highest BCUT2D eigenvalue weighted by molar-refractivity contribution is 5.73. The van der Waals surface area contributed by atoms with Gasteiger partial charge in [0.2, 0.25) is 0 Å². The summed E-state index contributed by atoms with van der Waals surface area (Å²) >= 11 is 0. The molecule has 0 spiro atoms. The number of hydrogen-bond donors (Lipinski definition) is 1. The molecule has 3 aliphatic rings. The Bertz CT molecular complexity index is 293. The van der Waals surface area contributed by atoms with E-state index in [4.69, 9.17) is 4.74 Å². The first kappa shape index (κ1) is 10.3. The fourth-order valence-corrected chi connectivity index (χ4v) is 3.31. The lowest BCUT2D eigenvalue weighted by atomic mass is 10.0. The Morgan fingerprint density at radius 1 is 1.12 bits per heavy atom. The van der Waals surface area contributed by atoms with E-state index in [-0.39, 0.29) is 18.0 Å². The molecule has 2 aliphatic carbocycles. The molecule has 1 aliphatic heterocycles. The number of nitrogens with one attached hydrogen (secondary N) is 1. The molecule has 1 N–H and O–H groups in total. The van der Waals surface area contributed by atoms with Gasteiger partial charge in [0.15, 0.2) is 0 Å². The molecule has 3 nitrogen and oxygen atoms in total. The van der Waals surface area contributed by atoms with Gasteiger partial charge in [-0.15, -0.1) is 0 Å². The lowest BCUT2D eigenvalue weighted by molar-refractivity contribution is -0.153. The van der Waals surface area contributed by atoms with E-state index in [1.165, 1.54) is 0 Å². The van der Waals surface area contributed by atoms with Crippen molar-refractivity contribution in [3.05, 3.63) is 12.2 Å². The minimum atomic E-state index is 0.0584. The van der Waals surface area contributed by atoms with Crippen LogP contribution in [0.1, 0.15) is 25.7 Å². The third kappa shape index (κ3) is 1.88. The van der Waals surface area contributed by atoms with E-state index < -0.39 is 0 Å². The molecule has 1 saturated heterocycles. The van der Waals surface area contributed by atoms with E-state index in [2.05, 4.69) is 17.5 Å². The van der Waals surface area contributed by atoms with Gasteiger partial charge in [-0.1, -0.05) is 12.2 Å². The van der Waals surface area contributed by atoms with Crippen molar-refractivity contribution in [1.82, 2.24) is 5.32 Å². The van der Waals surface area contributed by atoms with Crippen LogP contribution in [0.15, 0.2) is 12.2 Å². The van der Waals surface area contributed by atoms with Gasteiger partial charge in [0, 0.05) is 12.8 Å². The smallest absolute Gasteiger partial charge is 0.309 e. The molecule has 0 aromatic heterocycles. The molecule has 16 heavy (non-hydrogen) atoms. The molecule has 88 valence electrons. The maximum Gasteiger partial charge on any atom is 0.309 e. The zero-order chi connectivity index (χ0) is 11.0. The van der Waals surface area contributed by atoms with Crippen molar-refractivity contribution in [2.24, 2.45) is 17.8 Å². The first-order valence-electron chi connectivity index (χ1n) is 6.39. The summed E-state index contributed by atoms with van der Waals surface area (Å²) in [5.74, 6) is 1.68. The molecular weight excluding hydrogens is 202 g/mol. The van der Waals surface area contributed by atoms with Crippen LogP contribution < -0.4 is 5.32 Å². The van der Waals surface area contributed by atoms with Crippen molar-refractivity contribution in [3.8, 4) is 0 Å². The summed E-state index contributed by atoms with van der Waals surface area (Å²) in [6.07, 6.45) is 8.23. The molecule has 3 rings (SSSR count). The molecule has 0 amide bonds. The highest BCUT2D eigenvalue weighted by Crippen LogP contribution is 2.39. The maximum absolute atomic E-state index is 12.0. The molecule has 2 fully saturated rings. The van der Waals surface area contributed by atoms with Crippen molar-refractivity contribution in [3.63, 3.8) is 0 Å². The first-order valence-corrected chi connectivity index (χ1v) is 6.39. The Morgan fingerprint density at radius 2 is 1.75 bits per heavy atom. The fourth-order valence-electron chi connectivity index (χ4n) is 3.31. The van der Waals surface area contributed by atoms with Crippen molar-refractivity contribution in [1.29, 1.82) is 0 Å². The van der Waals surface area contributed by atoms with E-state index in [0.717, 1.165) is 50.6 Å². The Labute approximate surface area is 96.2 Å². The predicted molar refractivity (Wildman–Crippen MR) is 60.8 cm³/mol. The lowest BCUT2D eigenvalue weighted by Gasteiger charge is -2.15. The summed E-state index contributed by atoms with van der Waals surface area (Å²) in [5.41, 5.74) is 0. The largest absolute Gasteiger partial charge is 0.461 e. The van der Waals surface area contributed by atoms with Gasteiger partial charge in [-0.05, 0) is 37.8 Å².